The molecular formula is C16H21NO5. The van der Waals surface area contributed by atoms with Crippen molar-refractivity contribution in [1.82, 2.24) is 0 Å². The van der Waals surface area contributed by atoms with Crippen molar-refractivity contribution in [3.05, 3.63) is 17.7 Å². The highest BCUT2D eigenvalue weighted by Crippen LogP contribution is 2.34. The van der Waals surface area contributed by atoms with Crippen molar-refractivity contribution in [2.24, 2.45) is 5.92 Å². The number of carboxylic acid groups (broad SMARTS) is 1. The maximum absolute atomic E-state index is 12.3. The molecule has 1 aromatic rings. The molecule has 0 spiro atoms. The van der Waals surface area contributed by atoms with Gasteiger partial charge in [0.1, 0.15) is 0 Å². The molecule has 1 aliphatic carbocycles. The highest BCUT2D eigenvalue weighted by Gasteiger charge is 2.24. The Balaban J connectivity index is 2.27. The number of anilines is 1. The Morgan fingerprint density at radius 2 is 1.68 bits per heavy atom. The van der Waals surface area contributed by atoms with E-state index in [1.54, 1.807) is 0 Å². The molecule has 22 heavy (non-hydrogen) atoms. The number of aromatic carboxylic acids is 1. The average Bonchev–Trinajstić information content (AvgIpc) is 2.54. The van der Waals surface area contributed by atoms with Gasteiger partial charge in [-0.2, -0.15) is 0 Å². The molecule has 0 saturated heterocycles. The predicted molar refractivity (Wildman–Crippen MR) is 81.7 cm³/mol. The second kappa shape index (κ2) is 7.15. The number of carboxylic acids is 1. The van der Waals surface area contributed by atoms with E-state index in [9.17, 15) is 14.7 Å². The highest BCUT2D eigenvalue weighted by atomic mass is 16.5. The van der Waals surface area contributed by atoms with Gasteiger partial charge in [-0.25, -0.2) is 4.79 Å². The van der Waals surface area contributed by atoms with Gasteiger partial charge in [0.25, 0.3) is 0 Å². The number of hydrogen-bond donors (Lipinski definition) is 2. The molecule has 0 atom stereocenters. The Morgan fingerprint density at radius 1 is 1.09 bits per heavy atom. The quantitative estimate of drug-likeness (QED) is 0.873. The summed E-state index contributed by atoms with van der Waals surface area (Å²) >= 11 is 0. The molecule has 1 amide bonds. The molecule has 0 aromatic heterocycles. The Labute approximate surface area is 129 Å². The summed E-state index contributed by atoms with van der Waals surface area (Å²) in [6, 6.07) is 2.85. The molecule has 0 heterocycles. The van der Waals surface area contributed by atoms with E-state index < -0.39 is 5.97 Å². The van der Waals surface area contributed by atoms with Crippen LogP contribution in [0.2, 0.25) is 0 Å². The normalized spacial score (nSPS) is 15.2. The Morgan fingerprint density at radius 3 is 2.23 bits per heavy atom. The first-order chi connectivity index (χ1) is 10.6. The van der Waals surface area contributed by atoms with Crippen LogP contribution >= 0.6 is 0 Å². The molecule has 0 radical (unpaired) electrons. The Hall–Kier alpha value is -2.24. The Bertz CT molecular complexity index is 564. The lowest BCUT2D eigenvalue weighted by atomic mass is 9.88. The number of carbonyl (C=O) groups excluding carboxylic acids is 1. The first-order valence-corrected chi connectivity index (χ1v) is 7.37. The third kappa shape index (κ3) is 3.50. The lowest BCUT2D eigenvalue weighted by Gasteiger charge is -2.21. The molecule has 1 saturated carbocycles. The van der Waals surface area contributed by atoms with E-state index >= 15 is 0 Å². The van der Waals surface area contributed by atoms with Crippen LogP contribution in [0.15, 0.2) is 12.1 Å². The molecule has 1 aromatic carbocycles. The van der Waals surface area contributed by atoms with E-state index in [2.05, 4.69) is 5.32 Å². The first-order valence-electron chi connectivity index (χ1n) is 7.37. The topological polar surface area (TPSA) is 84.9 Å². The second-order valence-corrected chi connectivity index (χ2v) is 5.38. The molecule has 6 nitrogen and oxygen atoms in total. The number of hydrogen-bond acceptors (Lipinski definition) is 4. The largest absolute Gasteiger partial charge is 0.493 e. The van der Waals surface area contributed by atoms with Gasteiger partial charge in [0, 0.05) is 18.1 Å². The van der Waals surface area contributed by atoms with E-state index in [0.717, 1.165) is 32.1 Å². The zero-order chi connectivity index (χ0) is 16.1. The van der Waals surface area contributed by atoms with Gasteiger partial charge in [0.15, 0.2) is 11.5 Å². The maximum atomic E-state index is 12.3. The molecule has 0 aliphatic heterocycles. The second-order valence-electron chi connectivity index (χ2n) is 5.38. The molecule has 2 N–H and O–H groups in total. The van der Waals surface area contributed by atoms with Gasteiger partial charge in [-0.15, -0.1) is 0 Å². The number of nitrogens with one attached hydrogen (secondary N) is 1. The molecule has 0 unspecified atom stereocenters. The number of methoxy groups -OCH3 is 2. The van der Waals surface area contributed by atoms with Crippen molar-refractivity contribution in [3.8, 4) is 11.5 Å². The van der Waals surface area contributed by atoms with Crippen LogP contribution in [0.25, 0.3) is 0 Å². The van der Waals surface area contributed by atoms with Crippen LogP contribution in [0, 0.1) is 5.92 Å². The minimum Gasteiger partial charge on any atom is -0.493 e. The number of rotatable bonds is 5. The summed E-state index contributed by atoms with van der Waals surface area (Å²) in [6.07, 6.45) is 4.93. The smallest absolute Gasteiger partial charge is 0.337 e. The number of amides is 1. The van der Waals surface area contributed by atoms with Crippen LogP contribution in [-0.4, -0.2) is 31.2 Å². The van der Waals surface area contributed by atoms with Gasteiger partial charge in [-0.1, -0.05) is 19.3 Å². The SMILES string of the molecule is COc1cc(NC(=O)C2CCCCC2)c(C(=O)O)cc1OC. The van der Waals surface area contributed by atoms with Gasteiger partial charge in [0.05, 0.1) is 25.5 Å². The summed E-state index contributed by atoms with van der Waals surface area (Å²) in [5, 5.41) is 12.1. The van der Waals surface area contributed by atoms with Crippen molar-refractivity contribution in [2.45, 2.75) is 32.1 Å². The van der Waals surface area contributed by atoms with E-state index in [1.165, 1.54) is 26.4 Å². The summed E-state index contributed by atoms with van der Waals surface area (Å²) in [5.41, 5.74) is 0.225. The third-order valence-corrected chi connectivity index (χ3v) is 3.99. The van der Waals surface area contributed by atoms with Crippen LogP contribution < -0.4 is 14.8 Å². The molecule has 2 rings (SSSR count). The molecule has 0 bridgehead atoms. The Kier molecular flexibility index (Phi) is 5.25. The number of ether oxygens (including phenoxy) is 2. The highest BCUT2D eigenvalue weighted by molar-refractivity contribution is 6.02. The monoisotopic (exact) mass is 307 g/mol. The van der Waals surface area contributed by atoms with E-state index in [4.69, 9.17) is 9.47 Å². The third-order valence-electron chi connectivity index (χ3n) is 3.99. The van der Waals surface area contributed by atoms with Crippen LogP contribution in [0.3, 0.4) is 0 Å². The fraction of sp³-hybridized carbons (Fsp3) is 0.500. The zero-order valence-corrected chi connectivity index (χ0v) is 12.8. The minimum atomic E-state index is -1.13. The van der Waals surface area contributed by atoms with Crippen LogP contribution in [0.5, 0.6) is 11.5 Å². The summed E-state index contributed by atoms with van der Waals surface area (Å²) in [6.45, 7) is 0. The van der Waals surface area contributed by atoms with Gasteiger partial charge >= 0.3 is 5.97 Å². The predicted octanol–water partition coefficient (Wildman–Crippen LogP) is 2.92. The maximum Gasteiger partial charge on any atom is 0.337 e. The van der Waals surface area contributed by atoms with Crippen molar-refractivity contribution in [2.75, 3.05) is 19.5 Å². The van der Waals surface area contributed by atoms with E-state index in [-0.39, 0.29) is 23.1 Å². The summed E-state index contributed by atoms with van der Waals surface area (Å²) in [5.74, 6) is -0.611. The van der Waals surface area contributed by atoms with Crippen molar-refractivity contribution < 1.29 is 24.2 Å². The molecule has 1 aliphatic rings. The van der Waals surface area contributed by atoms with Crippen molar-refractivity contribution in [3.63, 3.8) is 0 Å². The summed E-state index contributed by atoms with van der Waals surface area (Å²) in [4.78, 5) is 23.7. The lowest BCUT2D eigenvalue weighted by molar-refractivity contribution is -0.120. The van der Waals surface area contributed by atoms with Crippen molar-refractivity contribution in [1.29, 1.82) is 0 Å². The minimum absolute atomic E-state index is 0.0122. The molecular weight excluding hydrogens is 286 g/mol. The van der Waals surface area contributed by atoms with E-state index in [0.29, 0.717) is 11.5 Å². The van der Waals surface area contributed by atoms with Crippen LogP contribution in [-0.2, 0) is 4.79 Å². The van der Waals surface area contributed by atoms with Gasteiger partial charge in [-0.3, -0.25) is 4.79 Å². The van der Waals surface area contributed by atoms with Gasteiger partial charge < -0.3 is 19.9 Å². The van der Waals surface area contributed by atoms with E-state index in [1.807, 2.05) is 0 Å². The van der Waals surface area contributed by atoms with Gasteiger partial charge in [-0.05, 0) is 12.8 Å². The standard InChI is InChI=1S/C16H21NO5/c1-21-13-8-11(16(19)20)12(9-14(13)22-2)17-15(18)10-6-4-3-5-7-10/h8-10H,3-7H2,1-2H3,(H,17,18)(H,19,20). The van der Waals surface area contributed by atoms with Crippen LogP contribution in [0.4, 0.5) is 5.69 Å². The zero-order valence-electron chi connectivity index (χ0n) is 12.8. The molecule has 6 heteroatoms. The summed E-state index contributed by atoms with van der Waals surface area (Å²) < 4.78 is 10.3. The van der Waals surface area contributed by atoms with Crippen molar-refractivity contribution >= 4 is 17.6 Å². The fourth-order valence-corrected chi connectivity index (χ4v) is 2.76. The fourth-order valence-electron chi connectivity index (χ4n) is 2.76. The molecule has 120 valence electrons. The van der Waals surface area contributed by atoms with Gasteiger partial charge in [0.2, 0.25) is 5.91 Å². The van der Waals surface area contributed by atoms with Crippen LogP contribution in [0.1, 0.15) is 42.5 Å². The lowest BCUT2D eigenvalue weighted by Crippen LogP contribution is -2.25. The first kappa shape index (κ1) is 16.1. The summed E-state index contributed by atoms with van der Waals surface area (Å²) in [7, 11) is 2.90. The number of benzene rings is 1. The average molecular weight is 307 g/mol. The number of carbonyl (C=O) groups is 2. The molecule has 1 fully saturated rings.